The predicted octanol–water partition coefficient (Wildman–Crippen LogP) is 4.58. The molecular weight excluding hydrogens is 422 g/mol. The van der Waals surface area contributed by atoms with Gasteiger partial charge in [0.1, 0.15) is 10.9 Å². The molecule has 0 aliphatic rings. The maximum atomic E-state index is 13.1. The fourth-order valence-electron chi connectivity index (χ4n) is 2.63. The molecule has 0 aliphatic heterocycles. The standard InChI is InChI=1S/C17H14F6N4OS/c1-8(2)29(28)12-4-9(16(18,19)20)6-25-14(12)15-26-10-5-13(17(21,22)23)24-7-11(10)27(15)3/h4-8H,1-3H3. The highest BCUT2D eigenvalue weighted by Gasteiger charge is 2.36. The number of halogens is 6. The number of hydrogen-bond acceptors (Lipinski definition) is 4. The molecular formula is C17H14F6N4OS. The van der Waals surface area contributed by atoms with Crippen LogP contribution in [0.1, 0.15) is 25.1 Å². The number of hydrogen-bond donors (Lipinski definition) is 0. The van der Waals surface area contributed by atoms with Gasteiger partial charge in [0, 0.05) is 19.3 Å². The van der Waals surface area contributed by atoms with Gasteiger partial charge in [-0.1, -0.05) is 0 Å². The summed E-state index contributed by atoms with van der Waals surface area (Å²) in [6.07, 6.45) is -7.82. The second-order valence-corrected chi connectivity index (χ2v) is 8.44. The third-order valence-electron chi connectivity index (χ3n) is 4.09. The predicted molar refractivity (Wildman–Crippen MR) is 93.3 cm³/mol. The average molecular weight is 436 g/mol. The van der Waals surface area contributed by atoms with Crippen LogP contribution in [-0.2, 0) is 30.6 Å². The van der Waals surface area contributed by atoms with Crippen molar-refractivity contribution in [1.82, 2.24) is 19.5 Å². The van der Waals surface area contributed by atoms with Crippen molar-refractivity contribution in [1.29, 1.82) is 0 Å². The van der Waals surface area contributed by atoms with Crippen LogP contribution in [0, 0.1) is 0 Å². The summed E-state index contributed by atoms with van der Waals surface area (Å²) in [5.74, 6) is -0.0150. The number of fused-ring (bicyclic) bond motifs is 1. The van der Waals surface area contributed by atoms with Crippen LogP contribution in [0.3, 0.4) is 0 Å². The molecule has 0 radical (unpaired) electrons. The van der Waals surface area contributed by atoms with Crippen LogP contribution in [-0.4, -0.2) is 29.3 Å². The molecule has 1 unspecified atom stereocenters. The van der Waals surface area contributed by atoms with Crippen LogP contribution < -0.4 is 0 Å². The molecule has 0 aliphatic carbocycles. The minimum Gasteiger partial charge on any atom is -0.611 e. The highest BCUT2D eigenvalue weighted by molar-refractivity contribution is 7.92. The molecule has 0 saturated heterocycles. The molecule has 29 heavy (non-hydrogen) atoms. The van der Waals surface area contributed by atoms with Crippen LogP contribution in [0.2, 0.25) is 0 Å². The summed E-state index contributed by atoms with van der Waals surface area (Å²) in [5, 5.41) is -0.521. The van der Waals surface area contributed by atoms with E-state index in [1.54, 1.807) is 13.8 Å². The Kier molecular flexibility index (Phi) is 5.28. The third-order valence-corrected chi connectivity index (χ3v) is 5.70. The molecule has 3 aromatic rings. The first-order valence-corrected chi connectivity index (χ1v) is 9.40. The lowest BCUT2D eigenvalue weighted by atomic mass is 10.2. The molecule has 0 fully saturated rings. The summed E-state index contributed by atoms with van der Waals surface area (Å²) >= 11 is -1.85. The average Bonchev–Trinajstić information content (AvgIpc) is 2.95. The number of aromatic nitrogens is 4. The van der Waals surface area contributed by atoms with Crippen LogP contribution in [0.15, 0.2) is 29.4 Å². The number of pyridine rings is 2. The molecule has 1 atom stereocenters. The molecule has 12 heteroatoms. The van der Waals surface area contributed by atoms with Crippen LogP contribution in [0.4, 0.5) is 26.3 Å². The number of aryl methyl sites for hydroxylation is 1. The lowest BCUT2D eigenvalue weighted by molar-refractivity contribution is -0.141. The maximum absolute atomic E-state index is 13.1. The van der Waals surface area contributed by atoms with E-state index in [1.165, 1.54) is 11.6 Å². The molecule has 0 N–H and O–H groups in total. The molecule has 0 saturated carbocycles. The normalized spacial score (nSPS) is 14.0. The Hall–Kier alpha value is -2.34. The van der Waals surface area contributed by atoms with Crippen molar-refractivity contribution >= 4 is 22.2 Å². The first kappa shape index (κ1) is 21.4. The first-order valence-electron chi connectivity index (χ1n) is 8.18. The van der Waals surface area contributed by atoms with Crippen molar-refractivity contribution in [3.8, 4) is 11.5 Å². The van der Waals surface area contributed by atoms with E-state index < -0.39 is 40.0 Å². The van der Waals surface area contributed by atoms with Crippen LogP contribution >= 0.6 is 0 Å². The van der Waals surface area contributed by atoms with Crippen molar-refractivity contribution in [2.45, 2.75) is 36.3 Å². The number of nitrogens with zero attached hydrogens (tertiary/aromatic N) is 4. The third kappa shape index (κ3) is 4.04. The molecule has 0 amide bonds. The zero-order valence-corrected chi connectivity index (χ0v) is 16.1. The van der Waals surface area contributed by atoms with Crippen molar-refractivity contribution in [3.05, 3.63) is 35.8 Å². The highest BCUT2D eigenvalue weighted by atomic mass is 32.2. The SMILES string of the molecule is CC(C)[S+]([O-])c1cc(C(F)(F)F)cnc1-c1nc2cc(C(F)(F)F)ncc2n1C. The van der Waals surface area contributed by atoms with E-state index in [1.807, 2.05) is 0 Å². The number of alkyl halides is 6. The quantitative estimate of drug-likeness (QED) is 0.445. The van der Waals surface area contributed by atoms with E-state index in [4.69, 9.17) is 0 Å². The lowest BCUT2D eigenvalue weighted by Gasteiger charge is -2.18. The van der Waals surface area contributed by atoms with Gasteiger partial charge in [0.05, 0.1) is 22.8 Å². The summed E-state index contributed by atoms with van der Waals surface area (Å²) in [5.41, 5.74) is -2.17. The van der Waals surface area contributed by atoms with Gasteiger partial charge in [0.15, 0.2) is 16.4 Å². The fraction of sp³-hybridized carbons (Fsp3) is 0.353. The van der Waals surface area contributed by atoms with Crippen molar-refractivity contribution in [3.63, 3.8) is 0 Å². The minimum atomic E-state index is -4.70. The lowest BCUT2D eigenvalue weighted by Crippen LogP contribution is -2.18. The van der Waals surface area contributed by atoms with E-state index in [2.05, 4.69) is 15.0 Å². The van der Waals surface area contributed by atoms with Gasteiger partial charge < -0.3 is 9.12 Å². The van der Waals surface area contributed by atoms with Gasteiger partial charge in [-0.25, -0.2) is 15.0 Å². The second kappa shape index (κ2) is 7.17. The van der Waals surface area contributed by atoms with E-state index in [-0.39, 0.29) is 27.4 Å². The summed E-state index contributed by atoms with van der Waals surface area (Å²) in [7, 11) is 1.46. The van der Waals surface area contributed by atoms with Crippen molar-refractivity contribution < 1.29 is 30.9 Å². The van der Waals surface area contributed by atoms with Crippen molar-refractivity contribution in [2.75, 3.05) is 0 Å². The Bertz CT molecular complexity index is 1060. The first-order chi connectivity index (χ1) is 13.3. The topological polar surface area (TPSA) is 66.7 Å². The number of rotatable bonds is 3. The molecule has 156 valence electrons. The van der Waals surface area contributed by atoms with Gasteiger partial charge in [-0.15, -0.1) is 0 Å². The molecule has 3 rings (SSSR count). The zero-order chi connectivity index (χ0) is 21.7. The Morgan fingerprint density at radius 1 is 1.00 bits per heavy atom. The summed E-state index contributed by atoms with van der Waals surface area (Å²) in [4.78, 5) is 11.1. The summed E-state index contributed by atoms with van der Waals surface area (Å²) < 4.78 is 92.0. The van der Waals surface area contributed by atoms with Crippen LogP contribution in [0.5, 0.6) is 0 Å². The highest BCUT2D eigenvalue weighted by Crippen LogP contribution is 2.36. The Balaban J connectivity index is 2.24. The van der Waals surface area contributed by atoms with Gasteiger partial charge in [-0.2, -0.15) is 26.3 Å². The fourth-order valence-corrected chi connectivity index (χ4v) is 3.72. The van der Waals surface area contributed by atoms with E-state index in [0.29, 0.717) is 6.20 Å². The Labute approximate surface area is 164 Å². The summed E-state index contributed by atoms with van der Waals surface area (Å²) in [6, 6.07) is 1.47. The Morgan fingerprint density at radius 2 is 1.66 bits per heavy atom. The van der Waals surface area contributed by atoms with E-state index in [9.17, 15) is 30.9 Å². The molecule has 5 nitrogen and oxygen atoms in total. The minimum absolute atomic E-state index is 0.0150. The van der Waals surface area contributed by atoms with Gasteiger partial charge in [0.2, 0.25) is 0 Å². The van der Waals surface area contributed by atoms with Crippen LogP contribution in [0.25, 0.3) is 22.6 Å². The number of imidazole rings is 1. The smallest absolute Gasteiger partial charge is 0.433 e. The largest absolute Gasteiger partial charge is 0.611 e. The Morgan fingerprint density at radius 3 is 2.21 bits per heavy atom. The molecule has 0 aromatic carbocycles. The zero-order valence-electron chi connectivity index (χ0n) is 15.3. The molecule has 0 bridgehead atoms. The van der Waals surface area contributed by atoms with E-state index >= 15 is 0 Å². The molecule has 3 heterocycles. The molecule has 3 aromatic heterocycles. The van der Waals surface area contributed by atoms with Gasteiger partial charge >= 0.3 is 12.4 Å². The summed E-state index contributed by atoms with van der Waals surface area (Å²) in [6.45, 7) is 3.13. The van der Waals surface area contributed by atoms with Crippen molar-refractivity contribution in [2.24, 2.45) is 7.05 Å². The monoisotopic (exact) mass is 436 g/mol. The van der Waals surface area contributed by atoms with Gasteiger partial charge in [0.25, 0.3) is 0 Å². The molecule has 0 spiro atoms. The van der Waals surface area contributed by atoms with Gasteiger partial charge in [-0.3, -0.25) is 0 Å². The second-order valence-electron chi connectivity index (χ2n) is 6.47. The van der Waals surface area contributed by atoms with E-state index in [0.717, 1.165) is 18.3 Å². The van der Waals surface area contributed by atoms with Gasteiger partial charge in [-0.05, 0) is 31.1 Å². The maximum Gasteiger partial charge on any atom is 0.433 e.